The predicted octanol–water partition coefficient (Wildman–Crippen LogP) is 3.31. The number of benzene rings is 1. The fraction of sp³-hybridized carbons (Fsp3) is 0.667. The van der Waals surface area contributed by atoms with Crippen LogP contribution in [0.3, 0.4) is 0 Å². The number of nitrogens with zero attached hydrogens (tertiary/aromatic N) is 1. The van der Waals surface area contributed by atoms with Gasteiger partial charge < -0.3 is 14.7 Å². The molecule has 2 rings (SSSR count). The summed E-state index contributed by atoms with van der Waals surface area (Å²) in [6.45, 7) is 7.53. The molecule has 118 valence electrons. The van der Waals surface area contributed by atoms with Crippen LogP contribution in [0.2, 0.25) is 0 Å². The maximum Gasteiger partial charge on any atom is 0.125 e. The smallest absolute Gasteiger partial charge is 0.125 e. The van der Waals surface area contributed by atoms with Crippen LogP contribution in [0.1, 0.15) is 43.2 Å². The highest BCUT2D eigenvalue weighted by atomic mass is 16.5. The normalized spacial score (nSPS) is 19.7. The summed E-state index contributed by atoms with van der Waals surface area (Å²) in [6.07, 6.45) is 5.80. The van der Waals surface area contributed by atoms with E-state index in [9.17, 15) is 0 Å². The van der Waals surface area contributed by atoms with Crippen molar-refractivity contribution in [1.82, 2.24) is 4.90 Å². The molecular formula is C18H29NO2. The molecule has 0 radical (unpaired) electrons. The first-order chi connectivity index (χ1) is 10.2. The third-order valence-corrected chi connectivity index (χ3v) is 4.46. The molecule has 0 aromatic heterocycles. The molecule has 1 fully saturated rings. The van der Waals surface area contributed by atoms with Crippen molar-refractivity contribution in [3.8, 4) is 5.75 Å². The van der Waals surface area contributed by atoms with E-state index in [0.29, 0.717) is 12.6 Å². The van der Waals surface area contributed by atoms with Gasteiger partial charge in [-0.05, 0) is 57.2 Å². The molecule has 0 saturated carbocycles. The summed E-state index contributed by atoms with van der Waals surface area (Å²) in [5, 5.41) is 9.17. The van der Waals surface area contributed by atoms with E-state index >= 15 is 0 Å². The zero-order valence-electron chi connectivity index (χ0n) is 13.5. The van der Waals surface area contributed by atoms with Crippen molar-refractivity contribution in [3.05, 3.63) is 29.3 Å². The summed E-state index contributed by atoms with van der Waals surface area (Å²) in [4.78, 5) is 2.54. The molecule has 1 aromatic rings. The molecule has 0 aliphatic carbocycles. The molecule has 1 aliphatic heterocycles. The van der Waals surface area contributed by atoms with Crippen LogP contribution in [0.15, 0.2) is 18.2 Å². The number of para-hydroxylation sites is 1. The van der Waals surface area contributed by atoms with E-state index in [4.69, 9.17) is 9.84 Å². The quantitative estimate of drug-likeness (QED) is 0.782. The number of likely N-dealkylation sites (tertiary alicyclic amines) is 1. The van der Waals surface area contributed by atoms with Gasteiger partial charge in [-0.15, -0.1) is 0 Å². The molecule has 1 heterocycles. The van der Waals surface area contributed by atoms with Crippen LogP contribution in [0.5, 0.6) is 5.75 Å². The van der Waals surface area contributed by atoms with Crippen molar-refractivity contribution >= 4 is 0 Å². The standard InChI is InChI=1S/C18H29NO2/c1-15-7-5-8-16(2)18(15)21-14-6-12-19-11-4-3-9-17(19)10-13-20/h5,7-8,17,20H,3-4,6,9-14H2,1-2H3. The average Bonchev–Trinajstić information content (AvgIpc) is 2.48. The highest BCUT2D eigenvalue weighted by Crippen LogP contribution is 2.23. The predicted molar refractivity (Wildman–Crippen MR) is 86.9 cm³/mol. The molecule has 3 nitrogen and oxygen atoms in total. The Morgan fingerprint density at radius 1 is 1.24 bits per heavy atom. The molecule has 1 aliphatic rings. The number of hydrogen-bond donors (Lipinski definition) is 1. The second-order valence-corrected chi connectivity index (χ2v) is 6.12. The van der Waals surface area contributed by atoms with E-state index in [2.05, 4.69) is 36.9 Å². The number of aliphatic hydroxyl groups excluding tert-OH is 1. The molecule has 1 N–H and O–H groups in total. The molecule has 0 amide bonds. The highest BCUT2D eigenvalue weighted by Gasteiger charge is 2.21. The summed E-state index contributed by atoms with van der Waals surface area (Å²) in [6, 6.07) is 6.85. The van der Waals surface area contributed by atoms with Gasteiger partial charge in [0.25, 0.3) is 0 Å². The first-order valence-electron chi connectivity index (χ1n) is 8.26. The Kier molecular flexibility index (Phi) is 6.52. The summed E-state index contributed by atoms with van der Waals surface area (Å²) in [5.74, 6) is 1.04. The molecule has 0 bridgehead atoms. The monoisotopic (exact) mass is 291 g/mol. The van der Waals surface area contributed by atoms with Crippen molar-refractivity contribution in [2.45, 2.75) is 52.0 Å². The van der Waals surface area contributed by atoms with E-state index in [1.165, 1.54) is 36.9 Å². The summed E-state index contributed by atoms with van der Waals surface area (Å²) < 4.78 is 5.98. The van der Waals surface area contributed by atoms with Crippen LogP contribution in [-0.2, 0) is 0 Å². The van der Waals surface area contributed by atoms with Crippen molar-refractivity contribution in [1.29, 1.82) is 0 Å². The third-order valence-electron chi connectivity index (χ3n) is 4.46. The lowest BCUT2D eigenvalue weighted by Gasteiger charge is -2.35. The van der Waals surface area contributed by atoms with Gasteiger partial charge in [0.05, 0.1) is 6.61 Å². The van der Waals surface area contributed by atoms with Gasteiger partial charge in [0.15, 0.2) is 0 Å². The zero-order chi connectivity index (χ0) is 15.1. The number of aliphatic hydroxyl groups is 1. The Morgan fingerprint density at radius 3 is 2.71 bits per heavy atom. The Morgan fingerprint density at radius 2 is 2.00 bits per heavy atom. The van der Waals surface area contributed by atoms with E-state index in [1.807, 2.05) is 0 Å². The van der Waals surface area contributed by atoms with Crippen molar-refractivity contribution in [2.75, 3.05) is 26.3 Å². The average molecular weight is 291 g/mol. The van der Waals surface area contributed by atoms with E-state index in [1.54, 1.807) is 0 Å². The number of aryl methyl sites for hydroxylation is 2. The summed E-state index contributed by atoms with van der Waals surface area (Å²) in [7, 11) is 0. The Labute approximate surface area is 128 Å². The van der Waals surface area contributed by atoms with Gasteiger partial charge in [-0.1, -0.05) is 24.6 Å². The summed E-state index contributed by atoms with van der Waals surface area (Å²) >= 11 is 0. The van der Waals surface area contributed by atoms with Crippen molar-refractivity contribution in [2.24, 2.45) is 0 Å². The topological polar surface area (TPSA) is 32.7 Å². The maximum atomic E-state index is 9.17. The molecule has 1 saturated heterocycles. The molecule has 1 atom stereocenters. The lowest BCUT2D eigenvalue weighted by Crippen LogP contribution is -2.41. The zero-order valence-corrected chi connectivity index (χ0v) is 13.5. The van der Waals surface area contributed by atoms with Gasteiger partial charge in [-0.25, -0.2) is 0 Å². The second kappa shape index (κ2) is 8.40. The van der Waals surface area contributed by atoms with Gasteiger partial charge >= 0.3 is 0 Å². The van der Waals surface area contributed by atoms with Gasteiger partial charge in [0.2, 0.25) is 0 Å². The van der Waals surface area contributed by atoms with Gasteiger partial charge in [0.1, 0.15) is 5.75 Å². The summed E-state index contributed by atoms with van der Waals surface area (Å²) in [5.41, 5.74) is 2.43. The van der Waals surface area contributed by atoms with Crippen LogP contribution in [0, 0.1) is 13.8 Å². The number of piperidine rings is 1. The van der Waals surface area contributed by atoms with E-state index in [-0.39, 0.29) is 0 Å². The van der Waals surface area contributed by atoms with Crippen LogP contribution in [0.25, 0.3) is 0 Å². The largest absolute Gasteiger partial charge is 0.493 e. The molecular weight excluding hydrogens is 262 g/mol. The number of hydrogen-bond acceptors (Lipinski definition) is 3. The minimum atomic E-state index is 0.306. The van der Waals surface area contributed by atoms with Crippen LogP contribution in [-0.4, -0.2) is 42.4 Å². The minimum absolute atomic E-state index is 0.306. The molecule has 0 spiro atoms. The Hall–Kier alpha value is -1.06. The number of ether oxygens (including phenoxy) is 1. The highest BCUT2D eigenvalue weighted by molar-refractivity contribution is 5.39. The SMILES string of the molecule is Cc1cccc(C)c1OCCCN1CCCCC1CCO. The van der Waals surface area contributed by atoms with Crippen LogP contribution >= 0.6 is 0 Å². The van der Waals surface area contributed by atoms with Crippen molar-refractivity contribution < 1.29 is 9.84 Å². The molecule has 21 heavy (non-hydrogen) atoms. The fourth-order valence-corrected chi connectivity index (χ4v) is 3.30. The van der Waals surface area contributed by atoms with Crippen LogP contribution < -0.4 is 4.74 Å². The Balaban J connectivity index is 1.76. The van der Waals surface area contributed by atoms with Gasteiger partial charge in [0, 0.05) is 19.2 Å². The number of rotatable bonds is 7. The van der Waals surface area contributed by atoms with E-state index < -0.39 is 0 Å². The van der Waals surface area contributed by atoms with Gasteiger partial charge in [-0.3, -0.25) is 0 Å². The maximum absolute atomic E-state index is 9.17. The second-order valence-electron chi connectivity index (χ2n) is 6.12. The lowest BCUT2D eigenvalue weighted by molar-refractivity contribution is 0.112. The third kappa shape index (κ3) is 4.72. The lowest BCUT2D eigenvalue weighted by atomic mass is 9.99. The Bertz CT molecular complexity index is 411. The van der Waals surface area contributed by atoms with E-state index in [0.717, 1.165) is 31.7 Å². The van der Waals surface area contributed by atoms with Crippen molar-refractivity contribution in [3.63, 3.8) is 0 Å². The fourth-order valence-electron chi connectivity index (χ4n) is 3.30. The minimum Gasteiger partial charge on any atom is -0.493 e. The first kappa shape index (κ1) is 16.3. The molecule has 3 heteroatoms. The first-order valence-corrected chi connectivity index (χ1v) is 8.26. The van der Waals surface area contributed by atoms with Crippen LogP contribution in [0.4, 0.5) is 0 Å². The molecule has 1 unspecified atom stereocenters. The molecule has 1 aromatic carbocycles. The van der Waals surface area contributed by atoms with Gasteiger partial charge in [-0.2, -0.15) is 0 Å².